The van der Waals surface area contributed by atoms with Crippen LogP contribution in [0.3, 0.4) is 0 Å². The number of aromatic nitrogens is 1. The average Bonchev–Trinajstić information content (AvgIpc) is 3.25. The van der Waals surface area contributed by atoms with Crippen molar-refractivity contribution in [3.63, 3.8) is 0 Å². The van der Waals surface area contributed by atoms with Crippen LogP contribution in [0.15, 0.2) is 29.1 Å². The van der Waals surface area contributed by atoms with Crippen molar-refractivity contribution in [2.45, 2.75) is 24.7 Å². The van der Waals surface area contributed by atoms with Gasteiger partial charge in [0.05, 0.1) is 22.5 Å². The number of nitrogens with zero attached hydrogens (tertiary/aromatic N) is 3. The van der Waals surface area contributed by atoms with E-state index >= 15 is 0 Å². The van der Waals surface area contributed by atoms with E-state index in [-0.39, 0.29) is 11.7 Å². The summed E-state index contributed by atoms with van der Waals surface area (Å²) in [4.78, 5) is 32.6. The Morgan fingerprint density at radius 1 is 1.39 bits per heavy atom. The second-order valence-corrected chi connectivity index (χ2v) is 8.35. The van der Waals surface area contributed by atoms with E-state index in [2.05, 4.69) is 9.88 Å². The molecule has 3 heterocycles. The molecule has 2 aliphatic heterocycles. The highest BCUT2D eigenvalue weighted by Crippen LogP contribution is 2.47. The van der Waals surface area contributed by atoms with Crippen LogP contribution < -0.4 is 4.90 Å². The summed E-state index contributed by atoms with van der Waals surface area (Å²) in [6.45, 7) is 1.63. The quantitative estimate of drug-likeness (QED) is 0.831. The van der Waals surface area contributed by atoms with Crippen molar-refractivity contribution in [1.82, 2.24) is 9.88 Å². The van der Waals surface area contributed by atoms with E-state index in [0.29, 0.717) is 38.9 Å². The monoisotopic (exact) mass is 403 g/mol. The Morgan fingerprint density at radius 3 is 2.79 bits per heavy atom. The van der Waals surface area contributed by atoms with Gasteiger partial charge in [-0.15, -0.1) is 11.3 Å². The van der Waals surface area contributed by atoms with Crippen LogP contribution in [-0.4, -0.2) is 53.5 Å². The standard InChI is InChI=1S/C20H22FN3O3S/c1-23-17-3-2-14(21)9-16(17)20(19(23)27)4-6-24(7-5-20)10-13(18(25)26)8-15-11-28-12-22-15/h2-3,9,11-13H,4-8,10H2,1H3,(H,25,26). The number of benzene rings is 1. The highest BCUT2D eigenvalue weighted by atomic mass is 32.1. The minimum atomic E-state index is -0.836. The molecule has 0 bridgehead atoms. The second-order valence-electron chi connectivity index (χ2n) is 7.63. The highest BCUT2D eigenvalue weighted by Gasteiger charge is 2.51. The molecule has 0 aliphatic carbocycles. The summed E-state index contributed by atoms with van der Waals surface area (Å²) >= 11 is 1.46. The molecule has 1 amide bonds. The molecule has 2 aromatic rings. The van der Waals surface area contributed by atoms with E-state index in [4.69, 9.17) is 0 Å². The molecule has 148 valence electrons. The van der Waals surface area contributed by atoms with Gasteiger partial charge in [-0.25, -0.2) is 9.37 Å². The van der Waals surface area contributed by atoms with Crippen LogP contribution in [0.4, 0.5) is 10.1 Å². The number of fused-ring (bicyclic) bond motifs is 2. The molecule has 2 aliphatic rings. The maximum Gasteiger partial charge on any atom is 0.308 e. The van der Waals surface area contributed by atoms with Gasteiger partial charge in [0.25, 0.3) is 0 Å². The first-order valence-electron chi connectivity index (χ1n) is 9.31. The number of thiazole rings is 1. The summed E-state index contributed by atoms with van der Waals surface area (Å²) in [6.07, 6.45) is 1.53. The summed E-state index contributed by atoms with van der Waals surface area (Å²) in [7, 11) is 1.73. The van der Waals surface area contributed by atoms with E-state index < -0.39 is 17.3 Å². The molecule has 0 radical (unpaired) electrons. The van der Waals surface area contributed by atoms with Gasteiger partial charge in [0.1, 0.15) is 5.82 Å². The Hall–Kier alpha value is -2.32. The van der Waals surface area contributed by atoms with Crippen molar-refractivity contribution < 1.29 is 19.1 Å². The third kappa shape index (κ3) is 3.20. The summed E-state index contributed by atoms with van der Waals surface area (Å²) < 4.78 is 13.9. The fourth-order valence-electron chi connectivity index (χ4n) is 4.46. The van der Waals surface area contributed by atoms with E-state index in [9.17, 15) is 19.1 Å². The lowest BCUT2D eigenvalue weighted by atomic mass is 9.73. The maximum atomic E-state index is 13.9. The lowest BCUT2D eigenvalue weighted by molar-refractivity contribution is -0.142. The van der Waals surface area contributed by atoms with Crippen molar-refractivity contribution in [1.29, 1.82) is 0 Å². The van der Waals surface area contributed by atoms with E-state index in [0.717, 1.165) is 16.9 Å². The number of anilines is 1. The Balaban J connectivity index is 1.48. The molecule has 0 saturated carbocycles. The Kier molecular flexibility index (Phi) is 4.93. The molecule has 1 fully saturated rings. The Labute approximate surface area is 166 Å². The van der Waals surface area contributed by atoms with Crippen LogP contribution in [0.5, 0.6) is 0 Å². The number of piperidine rings is 1. The van der Waals surface area contributed by atoms with Crippen LogP contribution in [0, 0.1) is 11.7 Å². The number of carbonyl (C=O) groups excluding carboxylic acids is 1. The maximum absolute atomic E-state index is 13.9. The topological polar surface area (TPSA) is 73.7 Å². The lowest BCUT2D eigenvalue weighted by Gasteiger charge is -2.39. The summed E-state index contributed by atoms with van der Waals surface area (Å²) in [5.41, 5.74) is 3.33. The van der Waals surface area contributed by atoms with Crippen molar-refractivity contribution in [2.24, 2.45) is 5.92 Å². The molecule has 4 rings (SSSR count). The zero-order valence-corrected chi connectivity index (χ0v) is 16.4. The van der Waals surface area contributed by atoms with Gasteiger partial charge in [-0.3, -0.25) is 9.59 Å². The molecular weight excluding hydrogens is 381 g/mol. The van der Waals surface area contributed by atoms with E-state index in [1.54, 1.807) is 23.5 Å². The van der Waals surface area contributed by atoms with Gasteiger partial charge in [-0.1, -0.05) is 0 Å². The summed E-state index contributed by atoms with van der Waals surface area (Å²) in [5, 5.41) is 11.5. The Bertz CT molecular complexity index is 894. The molecule has 6 nitrogen and oxygen atoms in total. The van der Waals surface area contributed by atoms with Gasteiger partial charge >= 0.3 is 5.97 Å². The normalized spacial score (nSPS) is 19.8. The number of carbonyl (C=O) groups is 2. The predicted molar refractivity (Wildman–Crippen MR) is 104 cm³/mol. The number of aliphatic carboxylic acids is 1. The van der Waals surface area contributed by atoms with Crippen molar-refractivity contribution in [3.05, 3.63) is 46.2 Å². The van der Waals surface area contributed by atoms with Gasteiger partial charge in [-0.05, 0) is 49.7 Å². The number of likely N-dealkylation sites (N-methyl/N-ethyl adjacent to an activating group) is 1. The van der Waals surface area contributed by atoms with Crippen LogP contribution in [0.2, 0.25) is 0 Å². The van der Waals surface area contributed by atoms with Crippen LogP contribution >= 0.6 is 11.3 Å². The lowest BCUT2D eigenvalue weighted by Crippen LogP contribution is -2.49. The molecule has 1 aromatic carbocycles. The SMILES string of the molecule is CN1C(=O)C2(CCN(CC(Cc3cscn3)C(=O)O)CC2)c2cc(F)ccc21. The van der Waals surface area contributed by atoms with E-state index in [1.807, 2.05) is 5.38 Å². The first-order chi connectivity index (χ1) is 13.4. The molecule has 28 heavy (non-hydrogen) atoms. The Morgan fingerprint density at radius 2 is 2.14 bits per heavy atom. The molecule has 8 heteroatoms. The first-order valence-corrected chi connectivity index (χ1v) is 10.3. The number of hydrogen-bond acceptors (Lipinski definition) is 5. The zero-order valence-electron chi connectivity index (χ0n) is 15.6. The molecule has 1 spiro atoms. The van der Waals surface area contributed by atoms with Gasteiger partial charge in [0.2, 0.25) is 5.91 Å². The largest absolute Gasteiger partial charge is 0.481 e. The van der Waals surface area contributed by atoms with Gasteiger partial charge in [0.15, 0.2) is 0 Å². The van der Waals surface area contributed by atoms with Crippen LogP contribution in [0.25, 0.3) is 0 Å². The molecule has 1 saturated heterocycles. The minimum absolute atomic E-state index is 0.00464. The number of carboxylic acid groups (broad SMARTS) is 1. The van der Waals surface area contributed by atoms with Crippen LogP contribution in [-0.2, 0) is 21.4 Å². The molecule has 1 N–H and O–H groups in total. The predicted octanol–water partition coefficient (Wildman–Crippen LogP) is 2.54. The number of amides is 1. The summed E-state index contributed by atoms with van der Waals surface area (Å²) in [5.74, 6) is -1.71. The second kappa shape index (κ2) is 7.25. The number of hydrogen-bond donors (Lipinski definition) is 1. The van der Waals surface area contributed by atoms with Gasteiger partial charge < -0.3 is 14.9 Å². The third-order valence-electron chi connectivity index (χ3n) is 6.03. The van der Waals surface area contributed by atoms with E-state index in [1.165, 1.54) is 23.5 Å². The smallest absolute Gasteiger partial charge is 0.308 e. The minimum Gasteiger partial charge on any atom is -0.481 e. The van der Waals surface area contributed by atoms with Crippen molar-refractivity contribution >= 4 is 28.9 Å². The van der Waals surface area contributed by atoms with Gasteiger partial charge in [0, 0.05) is 31.1 Å². The fraction of sp³-hybridized carbons (Fsp3) is 0.450. The molecule has 1 unspecified atom stereocenters. The van der Waals surface area contributed by atoms with Crippen LogP contribution in [0.1, 0.15) is 24.1 Å². The fourth-order valence-corrected chi connectivity index (χ4v) is 5.03. The molecule has 1 atom stereocenters. The third-order valence-corrected chi connectivity index (χ3v) is 6.66. The average molecular weight is 403 g/mol. The first kappa shape index (κ1) is 19.0. The highest BCUT2D eigenvalue weighted by molar-refractivity contribution is 7.07. The number of carboxylic acids is 1. The number of likely N-dealkylation sites (tertiary alicyclic amines) is 1. The number of rotatable bonds is 5. The number of halogens is 1. The molecule has 1 aromatic heterocycles. The van der Waals surface area contributed by atoms with Crippen molar-refractivity contribution in [3.8, 4) is 0 Å². The molecular formula is C20H22FN3O3S. The van der Waals surface area contributed by atoms with Crippen molar-refractivity contribution in [2.75, 3.05) is 31.6 Å². The summed E-state index contributed by atoms with van der Waals surface area (Å²) in [6, 6.07) is 4.53. The van der Waals surface area contributed by atoms with Gasteiger partial charge in [-0.2, -0.15) is 0 Å². The zero-order chi connectivity index (χ0) is 19.9.